The second-order valence-electron chi connectivity index (χ2n) is 12.9. The number of unbranched alkanes of at least 4 members (excludes halogenated alkanes) is 2. The maximum atomic E-state index is 13.4. The summed E-state index contributed by atoms with van der Waals surface area (Å²) >= 11 is 1.93. The minimum atomic E-state index is -0.875. The number of fused-ring (bicyclic) bond motifs is 1. The molecule has 0 radical (unpaired) electrons. The molecular weight excluding hydrogens is 628 g/mol. The van der Waals surface area contributed by atoms with Crippen molar-refractivity contribution >= 4 is 41.3 Å². The Balaban J connectivity index is 1.15. The van der Waals surface area contributed by atoms with Gasteiger partial charge in [0.05, 0.1) is 13.1 Å². The van der Waals surface area contributed by atoms with Crippen molar-refractivity contribution in [2.45, 2.75) is 81.8 Å². The normalized spacial score (nSPS) is 19.0. The molecule has 5 amide bonds. The molecule has 2 aliphatic rings. The highest BCUT2D eigenvalue weighted by Gasteiger charge is 2.42. The van der Waals surface area contributed by atoms with Crippen molar-refractivity contribution in [3.8, 4) is 0 Å². The number of likely N-dealkylation sites (N-methyl/N-ethyl adjacent to an activating group) is 1. The zero-order valence-electron chi connectivity index (χ0n) is 27.9. The van der Waals surface area contributed by atoms with E-state index in [4.69, 9.17) is 5.73 Å². The molecule has 4 atom stereocenters. The minimum absolute atomic E-state index is 0.00142. The van der Waals surface area contributed by atoms with E-state index in [0.29, 0.717) is 62.4 Å². The molecule has 2 aromatic carbocycles. The predicted octanol–water partition coefficient (Wildman–Crippen LogP) is 2.58. The Hall–Kier alpha value is -3.90. The average Bonchev–Trinajstić information content (AvgIpc) is 3.61. The zero-order valence-corrected chi connectivity index (χ0v) is 28.7. The molecule has 2 heterocycles. The fourth-order valence-corrected chi connectivity index (χ4v) is 7.99. The number of carbonyl (C=O) groups is 5. The fraction of sp³-hybridized carbons (Fsp3) is 0.528. The summed E-state index contributed by atoms with van der Waals surface area (Å²) < 4.78 is 0. The number of hydrogen-bond acceptors (Lipinski definition) is 7. The van der Waals surface area contributed by atoms with Crippen molar-refractivity contribution < 1.29 is 24.0 Å². The van der Waals surface area contributed by atoms with Crippen LogP contribution in [0.3, 0.4) is 0 Å². The van der Waals surface area contributed by atoms with Crippen LogP contribution in [0.2, 0.25) is 0 Å². The van der Waals surface area contributed by atoms with Gasteiger partial charge in [-0.25, -0.2) is 0 Å². The third-order valence-corrected chi connectivity index (χ3v) is 10.5. The molecule has 260 valence electrons. The van der Waals surface area contributed by atoms with Crippen LogP contribution in [0.4, 0.5) is 0 Å². The number of carbonyl (C=O) groups excluding carboxylic acids is 5. The van der Waals surface area contributed by atoms with Gasteiger partial charge in [0.1, 0.15) is 6.04 Å². The van der Waals surface area contributed by atoms with Crippen molar-refractivity contribution in [2.24, 2.45) is 11.7 Å². The average molecular weight is 679 g/mol. The highest BCUT2D eigenvalue weighted by Crippen LogP contribution is 2.39. The first-order chi connectivity index (χ1) is 23.2. The van der Waals surface area contributed by atoms with Gasteiger partial charge in [-0.3, -0.25) is 28.9 Å². The second kappa shape index (κ2) is 19.2. The van der Waals surface area contributed by atoms with Crippen molar-refractivity contribution in [1.29, 1.82) is 0 Å². The largest absolute Gasteiger partial charge is 0.368 e. The Morgan fingerprint density at radius 1 is 0.917 bits per heavy atom. The lowest BCUT2D eigenvalue weighted by molar-refractivity contribution is -0.138. The molecule has 48 heavy (non-hydrogen) atoms. The van der Waals surface area contributed by atoms with Gasteiger partial charge in [-0.05, 0) is 61.9 Å². The molecule has 2 aromatic rings. The molecule has 0 saturated carbocycles. The Morgan fingerprint density at radius 2 is 1.60 bits per heavy atom. The van der Waals surface area contributed by atoms with Crippen LogP contribution < -0.4 is 21.7 Å². The quantitative estimate of drug-likeness (QED) is 0.157. The van der Waals surface area contributed by atoms with Crippen LogP contribution in [0.15, 0.2) is 60.7 Å². The van der Waals surface area contributed by atoms with Gasteiger partial charge in [0.25, 0.3) is 0 Å². The van der Waals surface area contributed by atoms with Gasteiger partial charge in [0, 0.05) is 43.8 Å². The lowest BCUT2D eigenvalue weighted by Crippen LogP contribution is -2.49. The van der Waals surface area contributed by atoms with E-state index in [1.165, 1.54) is 4.90 Å². The maximum absolute atomic E-state index is 13.4. The molecule has 0 aromatic heterocycles. The maximum Gasteiger partial charge on any atom is 0.240 e. The van der Waals surface area contributed by atoms with E-state index in [2.05, 4.69) is 16.0 Å². The Morgan fingerprint density at radius 3 is 2.29 bits per heavy atom. The highest BCUT2D eigenvalue weighted by atomic mass is 32.2. The van der Waals surface area contributed by atoms with E-state index in [1.807, 2.05) is 84.4 Å². The SMILES string of the molecule is CN(CC(=O)N(CC(=O)N[C@@H](CCCCNC(=O)CCCCC1SC[C@@H]2CC(=O)N[C@H]12)C(N)=O)Cc1ccccc1)Cc1ccccc1. The summed E-state index contributed by atoms with van der Waals surface area (Å²) in [6, 6.07) is 18.7. The predicted molar refractivity (Wildman–Crippen MR) is 187 cm³/mol. The summed E-state index contributed by atoms with van der Waals surface area (Å²) in [5.74, 6) is 0.359. The van der Waals surface area contributed by atoms with Crippen LogP contribution in [-0.2, 0) is 37.1 Å². The van der Waals surface area contributed by atoms with Gasteiger partial charge in [-0.15, -0.1) is 0 Å². The van der Waals surface area contributed by atoms with Crippen LogP contribution in [0.1, 0.15) is 62.5 Å². The zero-order chi connectivity index (χ0) is 34.3. The summed E-state index contributed by atoms with van der Waals surface area (Å²) in [7, 11) is 1.86. The number of amides is 5. The van der Waals surface area contributed by atoms with E-state index >= 15 is 0 Å². The van der Waals surface area contributed by atoms with Crippen molar-refractivity contribution in [2.75, 3.05) is 32.4 Å². The van der Waals surface area contributed by atoms with Crippen LogP contribution in [0.5, 0.6) is 0 Å². The van der Waals surface area contributed by atoms with Crippen LogP contribution in [-0.4, -0.2) is 89.1 Å². The van der Waals surface area contributed by atoms with Crippen molar-refractivity contribution in [1.82, 2.24) is 25.8 Å². The molecule has 4 rings (SSSR count). The molecule has 5 N–H and O–H groups in total. The second-order valence-corrected chi connectivity index (χ2v) is 14.2. The molecule has 0 spiro atoms. The number of nitrogens with zero attached hydrogens (tertiary/aromatic N) is 2. The molecular formula is C36H50N6O5S. The lowest BCUT2D eigenvalue weighted by atomic mass is 9.97. The molecule has 1 unspecified atom stereocenters. The summed E-state index contributed by atoms with van der Waals surface area (Å²) in [6.07, 6.45) is 5.41. The number of rotatable bonds is 20. The van der Waals surface area contributed by atoms with Gasteiger partial charge in [-0.2, -0.15) is 11.8 Å². The molecule has 12 heteroatoms. The summed E-state index contributed by atoms with van der Waals surface area (Å²) in [6.45, 7) is 1.24. The van der Waals surface area contributed by atoms with Crippen LogP contribution >= 0.6 is 11.8 Å². The van der Waals surface area contributed by atoms with Crippen LogP contribution in [0, 0.1) is 5.92 Å². The number of nitrogens with two attached hydrogens (primary N) is 1. The lowest BCUT2D eigenvalue weighted by Gasteiger charge is -2.26. The van der Waals surface area contributed by atoms with E-state index in [-0.39, 0.29) is 37.4 Å². The molecule has 11 nitrogen and oxygen atoms in total. The molecule has 0 bridgehead atoms. The fourth-order valence-electron chi connectivity index (χ4n) is 6.34. The van der Waals surface area contributed by atoms with Gasteiger partial charge in [0.2, 0.25) is 29.5 Å². The van der Waals surface area contributed by atoms with E-state index in [1.54, 1.807) is 0 Å². The van der Waals surface area contributed by atoms with E-state index < -0.39 is 17.9 Å². The van der Waals surface area contributed by atoms with Gasteiger partial charge in [-0.1, -0.05) is 67.1 Å². The molecule has 2 saturated heterocycles. The number of hydrogen-bond donors (Lipinski definition) is 4. The Kier molecular flexibility index (Phi) is 14.8. The monoisotopic (exact) mass is 678 g/mol. The molecule has 2 aliphatic heterocycles. The molecule has 0 aliphatic carbocycles. The van der Waals surface area contributed by atoms with Crippen LogP contribution in [0.25, 0.3) is 0 Å². The first kappa shape index (κ1) is 36.9. The summed E-state index contributed by atoms with van der Waals surface area (Å²) in [5.41, 5.74) is 7.59. The number of benzene rings is 2. The van der Waals surface area contributed by atoms with Crippen molar-refractivity contribution in [3.05, 3.63) is 71.8 Å². The van der Waals surface area contributed by atoms with E-state index in [0.717, 1.165) is 36.1 Å². The summed E-state index contributed by atoms with van der Waals surface area (Å²) in [4.78, 5) is 66.0. The smallest absolute Gasteiger partial charge is 0.240 e. The van der Waals surface area contributed by atoms with Gasteiger partial charge in [0.15, 0.2) is 0 Å². The van der Waals surface area contributed by atoms with E-state index in [9.17, 15) is 24.0 Å². The van der Waals surface area contributed by atoms with Gasteiger partial charge < -0.3 is 26.6 Å². The Bertz CT molecular complexity index is 1360. The first-order valence-corrected chi connectivity index (χ1v) is 18.0. The highest BCUT2D eigenvalue weighted by molar-refractivity contribution is 8.00. The summed E-state index contributed by atoms with van der Waals surface area (Å²) in [5, 5.41) is 9.21. The standard InChI is InChI=1S/C36H50N6O5S/c1-41(21-26-12-4-2-5-13-26)24-34(46)42(22-27-14-6-3-7-15-27)23-33(45)39-29(36(37)47)16-10-11-19-38-31(43)18-9-8-17-30-35-28(25-48-30)20-32(44)40-35/h2-7,12-15,28-30,35H,8-11,16-25H2,1H3,(H2,37,47)(H,38,43)(H,39,45)(H,40,44)/t28-,29-,30?,35-/m0/s1. The number of thioether (sulfide) groups is 1. The molecule has 2 fully saturated rings. The van der Waals surface area contributed by atoms with Gasteiger partial charge >= 0.3 is 0 Å². The third-order valence-electron chi connectivity index (χ3n) is 8.87. The number of nitrogens with one attached hydrogen (secondary N) is 3. The first-order valence-electron chi connectivity index (χ1n) is 17.0. The topological polar surface area (TPSA) is 154 Å². The Labute approximate surface area is 288 Å². The third kappa shape index (κ3) is 12.3. The number of primary amides is 1. The van der Waals surface area contributed by atoms with Crippen molar-refractivity contribution in [3.63, 3.8) is 0 Å². The minimum Gasteiger partial charge on any atom is -0.368 e.